The van der Waals surface area contributed by atoms with Crippen molar-refractivity contribution in [2.45, 2.75) is 70.4 Å². The number of alkyl carbamates (subject to hydrolysis) is 1. The van der Waals surface area contributed by atoms with Gasteiger partial charge in [0.15, 0.2) is 0 Å². The zero-order chi connectivity index (χ0) is 25.9. The first-order valence-electron chi connectivity index (χ1n) is 13.8. The molecule has 0 radical (unpaired) electrons. The van der Waals surface area contributed by atoms with Gasteiger partial charge in [-0.1, -0.05) is 61.4 Å². The number of fused-ring (bicyclic) bond motifs is 5. The number of aliphatic carboxylic acids is 1. The van der Waals surface area contributed by atoms with Gasteiger partial charge in [0.1, 0.15) is 6.61 Å². The Morgan fingerprint density at radius 3 is 2.14 bits per heavy atom. The van der Waals surface area contributed by atoms with E-state index in [1.54, 1.807) is 6.92 Å². The van der Waals surface area contributed by atoms with E-state index >= 15 is 0 Å². The average Bonchev–Trinajstić information content (AvgIpc) is 3.40. The van der Waals surface area contributed by atoms with E-state index < -0.39 is 18.0 Å². The maximum absolute atomic E-state index is 12.6. The number of carbonyl (C=O) groups is 2. The van der Waals surface area contributed by atoms with Gasteiger partial charge in [-0.3, -0.25) is 4.79 Å². The van der Waals surface area contributed by atoms with Crippen LogP contribution in [0.5, 0.6) is 0 Å². The molecule has 6 nitrogen and oxygen atoms in total. The third-order valence-corrected chi connectivity index (χ3v) is 8.76. The van der Waals surface area contributed by atoms with Crippen LogP contribution in [-0.2, 0) is 14.3 Å². The van der Waals surface area contributed by atoms with Crippen molar-refractivity contribution in [1.29, 1.82) is 0 Å². The Kier molecular flexibility index (Phi) is 7.84. The van der Waals surface area contributed by atoms with Crippen molar-refractivity contribution in [3.63, 3.8) is 0 Å². The number of carboxylic acid groups (broad SMARTS) is 1. The highest BCUT2D eigenvalue weighted by Crippen LogP contribution is 2.46. The fraction of sp³-hybridized carbons (Fsp3) is 0.548. The molecule has 0 heterocycles. The molecule has 2 aromatic carbocycles. The molecule has 2 fully saturated rings. The van der Waals surface area contributed by atoms with Crippen LogP contribution in [0.2, 0.25) is 0 Å². The Labute approximate surface area is 219 Å². The van der Waals surface area contributed by atoms with E-state index in [0.29, 0.717) is 5.92 Å². The molecule has 2 bridgehead atoms. The molecule has 198 valence electrons. The number of nitrogens with one attached hydrogen (secondary N) is 1. The Morgan fingerprint density at radius 1 is 0.946 bits per heavy atom. The molecule has 3 aliphatic carbocycles. The van der Waals surface area contributed by atoms with E-state index in [1.807, 2.05) is 31.2 Å². The zero-order valence-corrected chi connectivity index (χ0v) is 21.9. The number of hydrogen-bond acceptors (Lipinski definition) is 4. The van der Waals surface area contributed by atoms with E-state index in [0.717, 1.165) is 18.3 Å². The van der Waals surface area contributed by atoms with Crippen LogP contribution >= 0.6 is 0 Å². The molecule has 37 heavy (non-hydrogen) atoms. The molecule has 0 aliphatic heterocycles. The molecule has 2 aromatic rings. The summed E-state index contributed by atoms with van der Waals surface area (Å²) in [6.45, 7) is 4.11. The minimum absolute atomic E-state index is 0.0105. The van der Waals surface area contributed by atoms with Crippen LogP contribution in [0.1, 0.15) is 69.4 Å². The highest BCUT2D eigenvalue weighted by molar-refractivity contribution is 5.79. The van der Waals surface area contributed by atoms with Crippen molar-refractivity contribution in [3.8, 4) is 11.1 Å². The van der Waals surface area contributed by atoms with Crippen molar-refractivity contribution >= 4 is 12.1 Å². The molecule has 6 atom stereocenters. The predicted molar refractivity (Wildman–Crippen MR) is 142 cm³/mol. The number of hydrogen-bond donors (Lipinski definition) is 2. The summed E-state index contributed by atoms with van der Waals surface area (Å²) in [5.41, 5.74) is 4.74. The summed E-state index contributed by atoms with van der Waals surface area (Å²) in [7, 11) is 0. The summed E-state index contributed by atoms with van der Waals surface area (Å²) in [5.74, 6) is 0.735. The molecule has 5 rings (SSSR count). The smallest absolute Gasteiger partial charge is 0.407 e. The van der Waals surface area contributed by atoms with Gasteiger partial charge in [0.25, 0.3) is 0 Å². The van der Waals surface area contributed by atoms with Crippen LogP contribution in [0.4, 0.5) is 4.79 Å². The molecular weight excluding hydrogens is 466 g/mol. The first kappa shape index (κ1) is 25.8. The van der Waals surface area contributed by atoms with Gasteiger partial charge in [0.2, 0.25) is 0 Å². The SMILES string of the molecule is C[C@H](CO[C@H](CC1C[C@H]2CC[C@@H](C1)C2)[C@@H](C)C(=O)O)NC(=O)OCC1c2ccccc2-c2ccccc21. The topological polar surface area (TPSA) is 84.9 Å². The van der Waals surface area contributed by atoms with E-state index in [2.05, 4.69) is 29.6 Å². The van der Waals surface area contributed by atoms with Gasteiger partial charge in [-0.05, 0) is 79.5 Å². The Balaban J connectivity index is 1.12. The molecule has 1 unspecified atom stereocenters. The summed E-state index contributed by atoms with van der Waals surface area (Å²) in [5, 5.41) is 12.5. The molecular formula is C31H39NO5. The van der Waals surface area contributed by atoms with Gasteiger partial charge in [0.05, 0.1) is 24.7 Å². The van der Waals surface area contributed by atoms with Crippen LogP contribution in [0.15, 0.2) is 48.5 Å². The fourth-order valence-corrected chi connectivity index (χ4v) is 6.89. The van der Waals surface area contributed by atoms with Crippen molar-refractivity contribution in [2.75, 3.05) is 13.2 Å². The van der Waals surface area contributed by atoms with E-state index in [-0.39, 0.29) is 31.3 Å². The van der Waals surface area contributed by atoms with Crippen LogP contribution in [0.3, 0.4) is 0 Å². The second-order valence-electron chi connectivity index (χ2n) is 11.5. The second kappa shape index (κ2) is 11.3. The maximum atomic E-state index is 12.6. The minimum Gasteiger partial charge on any atom is -0.481 e. The van der Waals surface area contributed by atoms with Crippen molar-refractivity contribution in [1.82, 2.24) is 5.32 Å². The van der Waals surface area contributed by atoms with Gasteiger partial charge in [-0.25, -0.2) is 4.79 Å². The summed E-state index contributed by atoms with van der Waals surface area (Å²) < 4.78 is 11.8. The number of amides is 1. The number of carbonyl (C=O) groups excluding carboxylic acids is 1. The summed E-state index contributed by atoms with van der Waals surface area (Å²) in [6, 6.07) is 16.2. The number of rotatable bonds is 10. The highest BCUT2D eigenvalue weighted by Gasteiger charge is 2.37. The van der Waals surface area contributed by atoms with Gasteiger partial charge in [0, 0.05) is 5.92 Å². The Morgan fingerprint density at radius 2 is 1.54 bits per heavy atom. The molecule has 2 saturated carbocycles. The molecule has 2 N–H and O–H groups in total. The first-order valence-corrected chi connectivity index (χ1v) is 13.8. The molecule has 6 heteroatoms. The van der Waals surface area contributed by atoms with Crippen molar-refractivity contribution in [3.05, 3.63) is 59.7 Å². The first-order chi connectivity index (χ1) is 17.9. The van der Waals surface area contributed by atoms with Gasteiger partial charge < -0.3 is 19.9 Å². The minimum atomic E-state index is -0.832. The lowest BCUT2D eigenvalue weighted by Crippen LogP contribution is -2.40. The van der Waals surface area contributed by atoms with Crippen molar-refractivity contribution in [2.24, 2.45) is 23.7 Å². The molecule has 1 amide bonds. The normalized spacial score (nSPS) is 24.5. The Hall–Kier alpha value is -2.86. The van der Waals surface area contributed by atoms with Crippen molar-refractivity contribution < 1.29 is 24.2 Å². The monoisotopic (exact) mass is 505 g/mol. The molecule has 0 spiro atoms. The molecule has 3 aliphatic rings. The van der Waals surface area contributed by atoms with E-state index in [1.165, 1.54) is 54.4 Å². The quantitative estimate of drug-likeness (QED) is 0.399. The third-order valence-electron chi connectivity index (χ3n) is 8.76. The summed E-state index contributed by atoms with van der Waals surface area (Å²) in [6.07, 6.45) is 6.31. The molecule has 0 aromatic heterocycles. The third kappa shape index (κ3) is 5.85. The number of benzene rings is 2. The second-order valence-corrected chi connectivity index (χ2v) is 11.5. The lowest BCUT2D eigenvalue weighted by molar-refractivity contribution is -0.147. The van der Waals surface area contributed by atoms with Crippen LogP contribution in [0, 0.1) is 23.7 Å². The summed E-state index contributed by atoms with van der Waals surface area (Å²) in [4.78, 5) is 24.4. The predicted octanol–water partition coefficient (Wildman–Crippen LogP) is 6.24. The number of ether oxygens (including phenoxy) is 2. The lowest BCUT2D eigenvalue weighted by atomic mass is 9.77. The Bertz CT molecular complexity index is 1060. The lowest BCUT2D eigenvalue weighted by Gasteiger charge is -2.32. The fourth-order valence-electron chi connectivity index (χ4n) is 6.89. The highest BCUT2D eigenvalue weighted by atomic mass is 16.5. The van der Waals surface area contributed by atoms with Crippen LogP contribution in [0.25, 0.3) is 11.1 Å². The molecule has 0 saturated heterocycles. The largest absolute Gasteiger partial charge is 0.481 e. The van der Waals surface area contributed by atoms with Gasteiger partial charge in [-0.2, -0.15) is 0 Å². The van der Waals surface area contributed by atoms with Gasteiger partial charge in [-0.15, -0.1) is 0 Å². The average molecular weight is 506 g/mol. The standard InChI is InChI=1S/C31H39NO5/c1-19(17-36-29(20(2)30(33)34)16-23-14-21-11-12-22(13-21)15-23)32-31(35)37-18-28-26-9-5-3-7-24(26)25-8-4-6-10-27(25)28/h3-10,19-23,28-29H,11-18H2,1-2H3,(H,32,35)(H,33,34)/t19-,20-,21-,22+,23?,29-/m1/s1. The van der Waals surface area contributed by atoms with Crippen LogP contribution in [-0.4, -0.2) is 42.5 Å². The van der Waals surface area contributed by atoms with Crippen LogP contribution < -0.4 is 5.32 Å². The maximum Gasteiger partial charge on any atom is 0.407 e. The van der Waals surface area contributed by atoms with E-state index in [4.69, 9.17) is 9.47 Å². The zero-order valence-electron chi connectivity index (χ0n) is 21.9. The number of carboxylic acids is 1. The van der Waals surface area contributed by atoms with E-state index in [9.17, 15) is 14.7 Å². The van der Waals surface area contributed by atoms with Gasteiger partial charge >= 0.3 is 12.1 Å². The summed E-state index contributed by atoms with van der Waals surface area (Å²) >= 11 is 0.